The van der Waals surface area contributed by atoms with Crippen LogP contribution in [0.25, 0.3) is 83.2 Å². The van der Waals surface area contributed by atoms with Gasteiger partial charge in [-0.05, 0) is 83.6 Å². The Hall–Kier alpha value is -6.52. The summed E-state index contributed by atoms with van der Waals surface area (Å²) >= 11 is 0. The van der Waals surface area contributed by atoms with Crippen molar-refractivity contribution in [2.24, 2.45) is 5.92 Å². The molecule has 0 aliphatic heterocycles. The number of allylic oxidation sites excluding steroid dienone is 4. The van der Waals surface area contributed by atoms with Gasteiger partial charge in [0.05, 0.1) is 33.5 Å². The van der Waals surface area contributed by atoms with Crippen LogP contribution < -0.4 is 0 Å². The zero-order valence-electron chi connectivity index (χ0n) is 28.2. The molecule has 10 rings (SSSR count). The molecule has 4 heteroatoms. The highest BCUT2D eigenvalue weighted by molar-refractivity contribution is 6.12. The van der Waals surface area contributed by atoms with Crippen molar-refractivity contribution in [3.05, 3.63) is 176 Å². The van der Waals surface area contributed by atoms with Crippen LogP contribution >= 0.6 is 0 Å². The number of benzene rings is 6. The maximum Gasteiger partial charge on any atom is 0.235 e. The fraction of sp³-hybridized carbons (Fsp3) is 0.0638. The average Bonchev–Trinajstić information content (AvgIpc) is 3.71. The van der Waals surface area contributed by atoms with Gasteiger partial charge in [0.25, 0.3) is 0 Å². The molecule has 0 N–H and O–H groups in total. The van der Waals surface area contributed by atoms with Crippen molar-refractivity contribution in [2.45, 2.75) is 13.3 Å². The minimum atomic E-state index is 0.462. The number of hydrogen-bond donors (Lipinski definition) is 0. The molecule has 0 radical (unpaired) electrons. The van der Waals surface area contributed by atoms with Gasteiger partial charge in [-0.1, -0.05) is 122 Å². The molecular formula is C47H34N4. The van der Waals surface area contributed by atoms with Gasteiger partial charge in [0, 0.05) is 32.8 Å². The molecule has 0 saturated carbocycles. The third kappa shape index (κ3) is 4.91. The highest BCUT2D eigenvalue weighted by atomic mass is 15.2. The highest BCUT2D eigenvalue weighted by Crippen LogP contribution is 2.38. The fourth-order valence-electron chi connectivity index (χ4n) is 7.83. The number of hydrogen-bond acceptors (Lipinski definition) is 2. The van der Waals surface area contributed by atoms with E-state index in [9.17, 15) is 0 Å². The second-order valence-corrected chi connectivity index (χ2v) is 13.5. The molecule has 0 amide bonds. The molecule has 0 bridgehead atoms. The maximum absolute atomic E-state index is 5.26. The van der Waals surface area contributed by atoms with E-state index in [4.69, 9.17) is 9.97 Å². The second-order valence-electron chi connectivity index (χ2n) is 13.5. The van der Waals surface area contributed by atoms with Gasteiger partial charge in [0.15, 0.2) is 0 Å². The Morgan fingerprint density at radius 1 is 0.490 bits per heavy atom. The third-order valence-electron chi connectivity index (χ3n) is 10.2. The van der Waals surface area contributed by atoms with Crippen molar-refractivity contribution in [1.82, 2.24) is 19.1 Å². The Morgan fingerprint density at radius 3 is 1.71 bits per heavy atom. The Morgan fingerprint density at radius 2 is 1.04 bits per heavy atom. The normalized spacial score (nSPS) is 14.5. The fourth-order valence-corrected chi connectivity index (χ4v) is 7.83. The predicted octanol–water partition coefficient (Wildman–Crippen LogP) is 12.0. The molecule has 1 aliphatic rings. The van der Waals surface area contributed by atoms with E-state index < -0.39 is 0 Å². The number of nitrogens with zero attached hydrogens (tertiary/aromatic N) is 4. The van der Waals surface area contributed by atoms with E-state index >= 15 is 0 Å². The van der Waals surface area contributed by atoms with E-state index in [0.717, 1.165) is 45.7 Å². The van der Waals surface area contributed by atoms with Crippen LogP contribution in [0.4, 0.5) is 0 Å². The first kappa shape index (κ1) is 29.4. The quantitative estimate of drug-likeness (QED) is 0.185. The van der Waals surface area contributed by atoms with E-state index in [0.29, 0.717) is 11.9 Å². The first-order chi connectivity index (χ1) is 25.2. The van der Waals surface area contributed by atoms with Crippen LogP contribution in [0, 0.1) is 5.92 Å². The van der Waals surface area contributed by atoms with Crippen molar-refractivity contribution in [2.75, 3.05) is 0 Å². The number of aromatic nitrogens is 4. The molecule has 3 heterocycles. The van der Waals surface area contributed by atoms with Crippen LogP contribution in [0.3, 0.4) is 0 Å². The molecule has 0 saturated heterocycles. The first-order valence-corrected chi connectivity index (χ1v) is 17.7. The molecule has 4 nitrogen and oxygen atoms in total. The Bertz CT molecular complexity index is 2840. The summed E-state index contributed by atoms with van der Waals surface area (Å²) < 4.78 is 4.60. The smallest absolute Gasteiger partial charge is 0.235 e. The van der Waals surface area contributed by atoms with E-state index in [1.165, 1.54) is 43.7 Å². The Labute approximate surface area is 296 Å². The SMILES string of the molecule is CC1C=C(c2cc(-c3ccccc3)nc(-n3c4ccccc4c4cc(-c5ccc6c(c5)c5ccccc5n6-c5ccccc5)ccc43)n2)C=CC1. The summed E-state index contributed by atoms with van der Waals surface area (Å²) in [6.07, 6.45) is 7.83. The lowest BCUT2D eigenvalue weighted by molar-refractivity contribution is 0.739. The molecule has 242 valence electrons. The molecule has 51 heavy (non-hydrogen) atoms. The lowest BCUT2D eigenvalue weighted by Gasteiger charge is -2.15. The topological polar surface area (TPSA) is 35.6 Å². The molecule has 6 aromatic carbocycles. The molecule has 3 aromatic heterocycles. The third-order valence-corrected chi connectivity index (χ3v) is 10.2. The van der Waals surface area contributed by atoms with Crippen molar-refractivity contribution in [3.8, 4) is 34.0 Å². The number of rotatable bonds is 5. The molecule has 1 atom stereocenters. The lowest BCUT2D eigenvalue weighted by atomic mass is 9.95. The molecule has 9 aromatic rings. The summed E-state index contributed by atoms with van der Waals surface area (Å²) in [7, 11) is 0. The van der Waals surface area contributed by atoms with E-state index in [-0.39, 0.29) is 0 Å². The van der Waals surface area contributed by atoms with Gasteiger partial charge in [-0.15, -0.1) is 0 Å². The van der Waals surface area contributed by atoms with Gasteiger partial charge >= 0.3 is 0 Å². The standard InChI is InChI=1S/C47H34N4/c1-31-13-12-16-35(27-31)42-30-41(32-14-4-2-5-15-32)48-47(49-42)51-44-22-11-9-20-38(44)40-29-34(24-26-46(40)51)33-23-25-45-39(28-33)37-19-8-10-21-43(37)50(45)36-17-6-3-7-18-36/h2-12,14-31H,13H2,1H3. The van der Waals surface area contributed by atoms with Crippen LogP contribution in [0.1, 0.15) is 19.0 Å². The second kappa shape index (κ2) is 11.8. The maximum atomic E-state index is 5.26. The summed E-state index contributed by atoms with van der Waals surface area (Å²) in [4.78, 5) is 10.5. The monoisotopic (exact) mass is 654 g/mol. The van der Waals surface area contributed by atoms with Crippen molar-refractivity contribution < 1.29 is 0 Å². The largest absolute Gasteiger partial charge is 0.309 e. The minimum Gasteiger partial charge on any atom is -0.309 e. The molecule has 1 unspecified atom stereocenters. The summed E-state index contributed by atoms with van der Waals surface area (Å²) in [5, 5.41) is 4.85. The van der Waals surface area contributed by atoms with Crippen molar-refractivity contribution in [3.63, 3.8) is 0 Å². The van der Waals surface area contributed by atoms with E-state index in [2.05, 4.69) is 180 Å². The van der Waals surface area contributed by atoms with Crippen molar-refractivity contribution >= 4 is 49.2 Å². The Kier molecular flexibility index (Phi) is 6.81. The summed E-state index contributed by atoms with van der Waals surface area (Å²) in [6.45, 7) is 2.26. The van der Waals surface area contributed by atoms with Crippen LogP contribution in [0.15, 0.2) is 170 Å². The zero-order valence-corrected chi connectivity index (χ0v) is 28.2. The number of fused-ring (bicyclic) bond motifs is 6. The van der Waals surface area contributed by atoms with Crippen LogP contribution in [-0.4, -0.2) is 19.1 Å². The zero-order chi connectivity index (χ0) is 33.9. The number of para-hydroxylation sites is 3. The lowest BCUT2D eigenvalue weighted by Crippen LogP contribution is -2.06. The molecule has 0 fully saturated rings. The summed E-state index contributed by atoms with van der Waals surface area (Å²) in [5.74, 6) is 1.14. The average molecular weight is 655 g/mol. The van der Waals surface area contributed by atoms with Crippen molar-refractivity contribution in [1.29, 1.82) is 0 Å². The van der Waals surface area contributed by atoms with Crippen LogP contribution in [0.2, 0.25) is 0 Å². The predicted molar refractivity (Wildman–Crippen MR) is 212 cm³/mol. The van der Waals surface area contributed by atoms with Gasteiger partial charge in [-0.3, -0.25) is 4.57 Å². The molecule has 0 spiro atoms. The highest BCUT2D eigenvalue weighted by Gasteiger charge is 2.19. The van der Waals surface area contributed by atoms with E-state index in [1.807, 2.05) is 6.07 Å². The van der Waals surface area contributed by atoms with E-state index in [1.54, 1.807) is 0 Å². The Balaban J connectivity index is 1.16. The van der Waals surface area contributed by atoms with Crippen LogP contribution in [-0.2, 0) is 0 Å². The van der Waals surface area contributed by atoms with Gasteiger partial charge in [0.1, 0.15) is 0 Å². The van der Waals surface area contributed by atoms with Gasteiger partial charge in [-0.2, -0.15) is 0 Å². The molecule has 1 aliphatic carbocycles. The summed E-state index contributed by atoms with van der Waals surface area (Å²) in [5.41, 5.74) is 12.2. The van der Waals surface area contributed by atoms with Gasteiger partial charge in [-0.25, -0.2) is 9.97 Å². The van der Waals surface area contributed by atoms with Crippen LogP contribution in [0.5, 0.6) is 0 Å². The molecular weight excluding hydrogens is 621 g/mol. The van der Waals surface area contributed by atoms with Gasteiger partial charge in [0.2, 0.25) is 5.95 Å². The summed E-state index contributed by atoms with van der Waals surface area (Å²) in [6, 6.07) is 54.2. The first-order valence-electron chi connectivity index (χ1n) is 17.7. The van der Waals surface area contributed by atoms with Gasteiger partial charge < -0.3 is 4.57 Å². The minimum absolute atomic E-state index is 0.462.